The number of aromatic nitrogens is 2. The van der Waals surface area contributed by atoms with Crippen molar-refractivity contribution in [2.45, 2.75) is 45.9 Å². The molecule has 2 aromatic heterocycles. The fourth-order valence-corrected chi connectivity index (χ4v) is 6.46. The van der Waals surface area contributed by atoms with Crippen molar-refractivity contribution in [3.63, 3.8) is 0 Å². The van der Waals surface area contributed by atoms with Crippen LogP contribution in [-0.2, 0) is 49.0 Å². The summed E-state index contributed by atoms with van der Waals surface area (Å²) in [6.45, 7) is 2.33. The lowest BCUT2D eigenvalue weighted by atomic mass is 10.2. The fourth-order valence-electron chi connectivity index (χ4n) is 5.33. The van der Waals surface area contributed by atoms with Gasteiger partial charge in [0.1, 0.15) is 37.1 Å². The van der Waals surface area contributed by atoms with E-state index in [1.165, 1.54) is 22.7 Å². The Kier molecular flexibility index (Phi) is 13.8. The number of nitrogens with zero attached hydrogens (tertiary/aromatic N) is 4. The average Bonchev–Trinajstić information content (AvgIpc) is 3.91. The Morgan fingerprint density at radius 1 is 0.566 bits per heavy atom. The summed E-state index contributed by atoms with van der Waals surface area (Å²) in [6, 6.07) is 37.2. The van der Waals surface area contributed by atoms with Gasteiger partial charge in [0.25, 0.3) is 0 Å². The third kappa shape index (κ3) is 11.9. The highest BCUT2D eigenvalue weighted by atomic mass is 32.1. The van der Waals surface area contributed by atoms with Crippen molar-refractivity contribution in [2.24, 2.45) is 0 Å². The maximum Gasteiger partial charge on any atom is 0.410 e. The SMILES string of the molecule is O=C(OCc1cncs1)N(CCCN(Cc1ccc(OCc2ccccc2)cc1)C(=O)OCc1scnc1OCc1ccccc1)Cc1ccccc1. The molecule has 2 amide bonds. The molecule has 10 nitrogen and oxygen atoms in total. The van der Waals surface area contributed by atoms with Gasteiger partial charge in [0.2, 0.25) is 5.88 Å². The van der Waals surface area contributed by atoms with E-state index in [0.717, 1.165) is 32.9 Å². The van der Waals surface area contributed by atoms with E-state index in [1.807, 2.05) is 115 Å². The van der Waals surface area contributed by atoms with Gasteiger partial charge in [-0.2, -0.15) is 0 Å². The predicted octanol–water partition coefficient (Wildman–Crippen LogP) is 9.13. The maximum atomic E-state index is 13.7. The smallest absolute Gasteiger partial charge is 0.410 e. The van der Waals surface area contributed by atoms with Crippen LogP contribution in [0.15, 0.2) is 132 Å². The van der Waals surface area contributed by atoms with Gasteiger partial charge in [0.15, 0.2) is 0 Å². The van der Waals surface area contributed by atoms with Crippen molar-refractivity contribution in [2.75, 3.05) is 13.1 Å². The van der Waals surface area contributed by atoms with Crippen LogP contribution in [0.1, 0.15) is 38.4 Å². The summed E-state index contributed by atoms with van der Waals surface area (Å²) in [5.74, 6) is 1.17. The van der Waals surface area contributed by atoms with E-state index in [9.17, 15) is 9.59 Å². The molecule has 0 aliphatic heterocycles. The van der Waals surface area contributed by atoms with Crippen LogP contribution in [0.2, 0.25) is 0 Å². The number of benzene rings is 4. The summed E-state index contributed by atoms with van der Waals surface area (Å²) >= 11 is 2.80. The Bertz CT molecular complexity index is 1960. The van der Waals surface area contributed by atoms with E-state index in [4.69, 9.17) is 18.9 Å². The van der Waals surface area contributed by atoms with Crippen LogP contribution in [0.4, 0.5) is 9.59 Å². The number of carbonyl (C=O) groups is 2. The van der Waals surface area contributed by atoms with Crippen LogP contribution in [0.5, 0.6) is 11.6 Å². The van der Waals surface area contributed by atoms with Crippen molar-refractivity contribution in [3.05, 3.63) is 164 Å². The summed E-state index contributed by atoms with van der Waals surface area (Å²) in [5.41, 5.74) is 7.36. The average molecular weight is 749 g/mol. The van der Waals surface area contributed by atoms with Crippen molar-refractivity contribution in [1.82, 2.24) is 19.8 Å². The molecular weight excluding hydrogens is 709 g/mol. The molecule has 53 heavy (non-hydrogen) atoms. The molecule has 0 saturated carbocycles. The second kappa shape index (κ2) is 19.8. The number of hydrogen-bond donors (Lipinski definition) is 0. The first-order valence-corrected chi connectivity index (χ1v) is 18.9. The molecule has 6 aromatic rings. The van der Waals surface area contributed by atoms with Gasteiger partial charge in [0, 0.05) is 32.4 Å². The first-order chi connectivity index (χ1) is 26.1. The highest BCUT2D eigenvalue weighted by Gasteiger charge is 2.21. The second-order valence-corrected chi connectivity index (χ2v) is 13.9. The van der Waals surface area contributed by atoms with Crippen molar-refractivity contribution in [1.29, 1.82) is 0 Å². The molecule has 0 unspecified atom stereocenters. The lowest BCUT2D eigenvalue weighted by Gasteiger charge is -2.26. The van der Waals surface area contributed by atoms with Gasteiger partial charge in [-0.05, 0) is 40.8 Å². The first-order valence-electron chi connectivity index (χ1n) is 17.2. The predicted molar refractivity (Wildman–Crippen MR) is 204 cm³/mol. The largest absolute Gasteiger partial charge is 0.489 e. The number of ether oxygens (including phenoxy) is 4. The highest BCUT2D eigenvalue weighted by molar-refractivity contribution is 7.10. The quantitative estimate of drug-likeness (QED) is 0.0858. The molecule has 0 atom stereocenters. The molecule has 0 radical (unpaired) electrons. The molecule has 0 aliphatic rings. The summed E-state index contributed by atoms with van der Waals surface area (Å²) in [4.78, 5) is 40.3. The van der Waals surface area contributed by atoms with Crippen LogP contribution in [0, 0.1) is 0 Å². The van der Waals surface area contributed by atoms with Gasteiger partial charge < -0.3 is 28.7 Å². The maximum absolute atomic E-state index is 13.7. The second-order valence-electron chi connectivity index (χ2n) is 12.0. The Labute approximate surface area is 317 Å². The summed E-state index contributed by atoms with van der Waals surface area (Å²) in [6.07, 6.45) is 1.26. The van der Waals surface area contributed by atoms with Crippen LogP contribution in [0.25, 0.3) is 0 Å². The number of thiazole rings is 2. The van der Waals surface area contributed by atoms with Gasteiger partial charge in [-0.25, -0.2) is 14.6 Å². The molecule has 2 heterocycles. The minimum absolute atomic E-state index is 0.0143. The molecule has 0 spiro atoms. The monoisotopic (exact) mass is 748 g/mol. The third-order valence-electron chi connectivity index (χ3n) is 8.10. The van der Waals surface area contributed by atoms with Gasteiger partial charge in [-0.1, -0.05) is 103 Å². The Morgan fingerprint density at radius 3 is 1.70 bits per heavy atom. The molecule has 0 fully saturated rings. The van der Waals surface area contributed by atoms with Gasteiger partial charge in [-0.15, -0.1) is 22.7 Å². The first kappa shape index (κ1) is 37.1. The highest BCUT2D eigenvalue weighted by Crippen LogP contribution is 2.24. The summed E-state index contributed by atoms with van der Waals surface area (Å²) in [5, 5.41) is 0. The fraction of sp³-hybridized carbons (Fsp3) is 0.220. The molecular formula is C41H40N4O6S2. The standard InChI is InChI=1S/C41H40N4O6S2/c46-40(50-28-37-23-42-30-52-37)44(24-32-11-4-1-5-12-32)21-10-22-45(25-33-17-19-36(20-18-33)48-26-34-13-6-2-7-14-34)41(47)51-29-38-39(43-31-53-38)49-27-35-15-8-3-9-16-35/h1-9,11-20,23,30-31H,10,21-22,24-29H2. The molecule has 0 aliphatic carbocycles. The zero-order valence-electron chi connectivity index (χ0n) is 29.1. The lowest BCUT2D eigenvalue weighted by Crippen LogP contribution is -2.36. The van der Waals surface area contributed by atoms with E-state index in [-0.39, 0.29) is 13.2 Å². The third-order valence-corrected chi connectivity index (χ3v) is 9.64. The Hall–Kier alpha value is -5.72. The number of hydrogen-bond acceptors (Lipinski definition) is 10. The van der Waals surface area contributed by atoms with Gasteiger partial charge in [-0.3, -0.25) is 4.98 Å². The minimum atomic E-state index is -0.487. The molecule has 0 saturated heterocycles. The molecule has 0 bridgehead atoms. The van der Waals surface area contributed by atoms with E-state index in [2.05, 4.69) is 9.97 Å². The van der Waals surface area contributed by atoms with E-state index in [0.29, 0.717) is 56.6 Å². The molecule has 272 valence electrons. The minimum Gasteiger partial charge on any atom is -0.489 e. The zero-order valence-corrected chi connectivity index (χ0v) is 30.8. The molecule has 4 aromatic carbocycles. The topological polar surface area (TPSA) is 103 Å². The van der Waals surface area contributed by atoms with E-state index >= 15 is 0 Å². The Balaban J connectivity index is 1.10. The Morgan fingerprint density at radius 2 is 1.11 bits per heavy atom. The zero-order chi connectivity index (χ0) is 36.5. The van der Waals surface area contributed by atoms with Crippen LogP contribution in [-0.4, -0.2) is 45.0 Å². The normalized spacial score (nSPS) is 10.7. The van der Waals surface area contributed by atoms with Crippen LogP contribution in [0.3, 0.4) is 0 Å². The molecule has 6 rings (SSSR count). The lowest BCUT2D eigenvalue weighted by molar-refractivity contribution is 0.0845. The van der Waals surface area contributed by atoms with Crippen molar-refractivity contribution in [3.8, 4) is 11.6 Å². The van der Waals surface area contributed by atoms with Crippen molar-refractivity contribution >= 4 is 34.9 Å². The van der Waals surface area contributed by atoms with E-state index in [1.54, 1.807) is 27.0 Å². The molecule has 12 heteroatoms. The molecule has 0 N–H and O–H groups in total. The van der Waals surface area contributed by atoms with E-state index < -0.39 is 12.2 Å². The summed E-state index contributed by atoms with van der Waals surface area (Å²) in [7, 11) is 0. The van der Waals surface area contributed by atoms with Crippen LogP contribution < -0.4 is 9.47 Å². The summed E-state index contributed by atoms with van der Waals surface area (Å²) < 4.78 is 23.4. The number of rotatable bonds is 18. The van der Waals surface area contributed by atoms with Crippen molar-refractivity contribution < 1.29 is 28.5 Å². The van der Waals surface area contributed by atoms with Gasteiger partial charge >= 0.3 is 12.2 Å². The van der Waals surface area contributed by atoms with Crippen LogP contribution >= 0.6 is 22.7 Å². The number of amides is 2. The van der Waals surface area contributed by atoms with Gasteiger partial charge in [0.05, 0.1) is 15.9 Å². The number of carbonyl (C=O) groups excluding carboxylic acids is 2.